The summed E-state index contributed by atoms with van der Waals surface area (Å²) < 4.78 is 18.0. The minimum absolute atomic E-state index is 0. The van der Waals surface area contributed by atoms with Crippen LogP contribution < -0.4 is 5.73 Å². The minimum Gasteiger partial charge on any atom is -0.338 e. The van der Waals surface area contributed by atoms with Gasteiger partial charge >= 0.3 is 0 Å². The summed E-state index contributed by atoms with van der Waals surface area (Å²) in [5.41, 5.74) is 5.74. The summed E-state index contributed by atoms with van der Waals surface area (Å²) in [6.45, 7) is 0. The fourth-order valence-corrected chi connectivity index (χ4v) is 2.71. The van der Waals surface area contributed by atoms with E-state index in [1.54, 1.807) is 12.1 Å². The van der Waals surface area contributed by atoms with Crippen molar-refractivity contribution in [3.05, 3.63) is 41.8 Å². The lowest BCUT2D eigenvalue weighted by molar-refractivity contribution is 0.229. The molecule has 2 N–H and O–H groups in total. The van der Waals surface area contributed by atoms with Gasteiger partial charge in [-0.05, 0) is 43.5 Å². The van der Waals surface area contributed by atoms with Crippen LogP contribution in [-0.4, -0.2) is 10.1 Å². The molecular formula is C13H15ClFN3OS. The summed E-state index contributed by atoms with van der Waals surface area (Å²) >= 11 is 1.53. The van der Waals surface area contributed by atoms with E-state index >= 15 is 0 Å². The van der Waals surface area contributed by atoms with Gasteiger partial charge < -0.3 is 10.3 Å². The van der Waals surface area contributed by atoms with Crippen LogP contribution in [0.15, 0.2) is 33.7 Å². The van der Waals surface area contributed by atoms with Crippen molar-refractivity contribution in [2.45, 2.75) is 35.4 Å². The van der Waals surface area contributed by atoms with E-state index in [0.29, 0.717) is 17.5 Å². The maximum atomic E-state index is 12.8. The molecule has 0 bridgehead atoms. The van der Waals surface area contributed by atoms with Gasteiger partial charge in [0, 0.05) is 4.90 Å². The highest BCUT2D eigenvalue weighted by molar-refractivity contribution is 7.98. The Kier molecular flexibility index (Phi) is 4.67. The Bertz CT molecular complexity index is 571. The zero-order chi connectivity index (χ0) is 13.3. The van der Waals surface area contributed by atoms with Crippen molar-refractivity contribution in [2.24, 2.45) is 5.73 Å². The first-order valence-electron chi connectivity index (χ1n) is 6.16. The summed E-state index contributed by atoms with van der Waals surface area (Å²) in [6, 6.07) is 6.33. The average Bonchev–Trinajstić information content (AvgIpc) is 2.84. The van der Waals surface area contributed by atoms with Crippen LogP contribution in [0.1, 0.15) is 31.0 Å². The second-order valence-corrected chi connectivity index (χ2v) is 5.81. The van der Waals surface area contributed by atoms with Crippen LogP contribution in [0.3, 0.4) is 0 Å². The topological polar surface area (TPSA) is 64.9 Å². The zero-order valence-corrected chi connectivity index (χ0v) is 12.3. The number of halogens is 2. The second kappa shape index (κ2) is 6.11. The van der Waals surface area contributed by atoms with Gasteiger partial charge in [-0.25, -0.2) is 4.39 Å². The highest BCUT2D eigenvalue weighted by Crippen LogP contribution is 2.37. The number of thioether (sulfide) groups is 1. The van der Waals surface area contributed by atoms with Crippen molar-refractivity contribution < 1.29 is 8.91 Å². The molecule has 2 aromatic rings. The number of hydrogen-bond donors (Lipinski definition) is 1. The molecule has 0 radical (unpaired) electrons. The second-order valence-electron chi connectivity index (χ2n) is 4.76. The van der Waals surface area contributed by atoms with E-state index in [4.69, 9.17) is 10.3 Å². The number of nitrogens with zero attached hydrogens (tertiary/aromatic N) is 2. The number of nitrogens with two attached hydrogens (primary N) is 1. The fraction of sp³-hybridized carbons (Fsp3) is 0.385. The Morgan fingerprint density at radius 2 is 2.00 bits per heavy atom. The molecule has 108 valence electrons. The Hall–Kier alpha value is -1.11. The molecular weight excluding hydrogens is 301 g/mol. The molecule has 1 saturated carbocycles. The van der Waals surface area contributed by atoms with E-state index in [9.17, 15) is 4.39 Å². The van der Waals surface area contributed by atoms with Gasteiger partial charge in [0.05, 0.1) is 11.3 Å². The lowest BCUT2D eigenvalue weighted by Crippen LogP contribution is -2.44. The van der Waals surface area contributed by atoms with Crippen LogP contribution >= 0.6 is 24.2 Å². The Morgan fingerprint density at radius 3 is 2.60 bits per heavy atom. The molecule has 1 aromatic carbocycles. The average molecular weight is 316 g/mol. The van der Waals surface area contributed by atoms with Gasteiger partial charge in [0.25, 0.3) is 0 Å². The summed E-state index contributed by atoms with van der Waals surface area (Å²) in [5, 5.41) is 3.95. The van der Waals surface area contributed by atoms with Crippen LogP contribution in [0.2, 0.25) is 0 Å². The molecule has 1 aromatic heterocycles. The van der Waals surface area contributed by atoms with Gasteiger partial charge in [0.2, 0.25) is 5.89 Å². The minimum atomic E-state index is -0.387. The molecule has 0 atom stereocenters. The number of rotatable bonds is 4. The van der Waals surface area contributed by atoms with E-state index in [2.05, 4.69) is 10.1 Å². The predicted octanol–water partition coefficient (Wildman–Crippen LogP) is 3.26. The molecule has 0 spiro atoms. The van der Waals surface area contributed by atoms with Crippen molar-refractivity contribution in [1.82, 2.24) is 10.1 Å². The fourth-order valence-electron chi connectivity index (χ4n) is 1.97. The largest absolute Gasteiger partial charge is 0.338 e. The summed E-state index contributed by atoms with van der Waals surface area (Å²) in [7, 11) is 0. The molecule has 20 heavy (non-hydrogen) atoms. The summed E-state index contributed by atoms with van der Waals surface area (Å²) in [4.78, 5) is 5.30. The van der Waals surface area contributed by atoms with E-state index < -0.39 is 0 Å². The van der Waals surface area contributed by atoms with Crippen molar-refractivity contribution in [2.75, 3.05) is 0 Å². The molecule has 0 saturated heterocycles. The Balaban J connectivity index is 0.00000147. The van der Waals surface area contributed by atoms with Gasteiger partial charge in [-0.1, -0.05) is 5.16 Å². The Labute approximate surface area is 126 Å². The molecule has 0 amide bonds. The lowest BCUT2D eigenvalue weighted by Gasteiger charge is -2.34. The van der Waals surface area contributed by atoms with E-state index in [1.165, 1.54) is 23.9 Å². The third-order valence-corrected chi connectivity index (χ3v) is 4.33. The standard InChI is InChI=1S/C13H14FN3OS.ClH/c14-9-2-4-10(5-3-9)19-8-11-16-12(17-18-11)13(15)6-1-7-13;/h2-5H,1,6-8,15H2;1H. The van der Waals surface area contributed by atoms with Crippen LogP contribution in [0.25, 0.3) is 0 Å². The molecule has 7 heteroatoms. The van der Waals surface area contributed by atoms with Gasteiger partial charge in [-0.15, -0.1) is 24.2 Å². The zero-order valence-electron chi connectivity index (χ0n) is 10.7. The van der Waals surface area contributed by atoms with Gasteiger partial charge in [0.1, 0.15) is 5.82 Å². The normalized spacial score (nSPS) is 16.3. The maximum absolute atomic E-state index is 12.8. The van der Waals surface area contributed by atoms with Crippen molar-refractivity contribution in [3.8, 4) is 0 Å². The third-order valence-electron chi connectivity index (χ3n) is 3.34. The quantitative estimate of drug-likeness (QED) is 0.877. The van der Waals surface area contributed by atoms with E-state index in [0.717, 1.165) is 24.2 Å². The van der Waals surface area contributed by atoms with Crippen molar-refractivity contribution >= 4 is 24.2 Å². The van der Waals surface area contributed by atoms with Crippen molar-refractivity contribution in [3.63, 3.8) is 0 Å². The van der Waals surface area contributed by atoms with E-state index in [-0.39, 0.29) is 23.8 Å². The van der Waals surface area contributed by atoms with E-state index in [1.807, 2.05) is 0 Å². The van der Waals surface area contributed by atoms with Gasteiger partial charge in [-0.3, -0.25) is 0 Å². The highest BCUT2D eigenvalue weighted by Gasteiger charge is 2.38. The smallest absolute Gasteiger partial charge is 0.237 e. The van der Waals surface area contributed by atoms with Crippen LogP contribution in [0.4, 0.5) is 4.39 Å². The molecule has 0 unspecified atom stereocenters. The maximum Gasteiger partial charge on any atom is 0.237 e. The molecule has 1 aliphatic rings. The van der Waals surface area contributed by atoms with Crippen molar-refractivity contribution in [1.29, 1.82) is 0 Å². The number of hydrogen-bond acceptors (Lipinski definition) is 5. The van der Waals surface area contributed by atoms with Crippen LogP contribution in [-0.2, 0) is 11.3 Å². The molecule has 0 aliphatic heterocycles. The van der Waals surface area contributed by atoms with Crippen LogP contribution in [0.5, 0.6) is 0 Å². The molecule has 1 heterocycles. The van der Waals surface area contributed by atoms with Gasteiger partial charge in [-0.2, -0.15) is 4.98 Å². The third kappa shape index (κ3) is 3.13. The first-order valence-corrected chi connectivity index (χ1v) is 7.15. The van der Waals surface area contributed by atoms with Crippen LogP contribution in [0, 0.1) is 5.82 Å². The first kappa shape index (κ1) is 15.3. The Morgan fingerprint density at radius 1 is 1.30 bits per heavy atom. The molecule has 1 fully saturated rings. The molecule has 1 aliphatic carbocycles. The molecule has 4 nitrogen and oxygen atoms in total. The monoisotopic (exact) mass is 315 g/mol. The lowest BCUT2D eigenvalue weighted by atomic mass is 9.77. The number of aromatic nitrogens is 2. The summed E-state index contributed by atoms with van der Waals surface area (Å²) in [5.74, 6) is 1.49. The highest BCUT2D eigenvalue weighted by atomic mass is 35.5. The molecule has 3 rings (SSSR count). The predicted molar refractivity (Wildman–Crippen MR) is 77.2 cm³/mol. The summed E-state index contributed by atoms with van der Waals surface area (Å²) in [6.07, 6.45) is 2.94. The van der Waals surface area contributed by atoms with Gasteiger partial charge in [0.15, 0.2) is 5.82 Å². The SMILES string of the molecule is Cl.NC1(c2noc(CSc3ccc(F)cc3)n2)CCC1. The first-order chi connectivity index (χ1) is 9.16. The number of benzene rings is 1.